The van der Waals surface area contributed by atoms with Gasteiger partial charge < -0.3 is 9.47 Å². The van der Waals surface area contributed by atoms with Crippen LogP contribution < -0.4 is 14.4 Å². The molecule has 0 saturated carbocycles. The summed E-state index contributed by atoms with van der Waals surface area (Å²) < 4.78 is 13.1. The SMILES string of the molecule is CCCOc1c(Cl)cc(C(=O)N2CCn3nccc32)cc1OCC. The number of ether oxygens (including phenoxy) is 2. The van der Waals surface area contributed by atoms with Gasteiger partial charge in [0.1, 0.15) is 5.82 Å². The molecule has 1 aliphatic rings. The zero-order valence-electron chi connectivity index (χ0n) is 13.8. The lowest BCUT2D eigenvalue weighted by molar-refractivity contribution is 0.0989. The summed E-state index contributed by atoms with van der Waals surface area (Å²) in [6, 6.07) is 5.16. The molecule has 0 bridgehead atoms. The minimum Gasteiger partial charge on any atom is -0.490 e. The normalized spacial score (nSPS) is 13.0. The second-order valence-corrected chi connectivity index (χ2v) is 5.84. The van der Waals surface area contributed by atoms with E-state index in [-0.39, 0.29) is 5.91 Å². The number of carbonyl (C=O) groups is 1. The molecule has 1 aromatic heterocycles. The molecule has 0 aliphatic carbocycles. The first kappa shape index (κ1) is 16.6. The predicted molar refractivity (Wildman–Crippen MR) is 92.3 cm³/mol. The molecule has 0 atom stereocenters. The Kier molecular flexibility index (Phi) is 4.94. The molecule has 0 radical (unpaired) electrons. The topological polar surface area (TPSA) is 56.6 Å². The van der Waals surface area contributed by atoms with E-state index in [1.54, 1.807) is 23.2 Å². The van der Waals surface area contributed by atoms with Gasteiger partial charge >= 0.3 is 0 Å². The summed E-state index contributed by atoms with van der Waals surface area (Å²) in [7, 11) is 0. The van der Waals surface area contributed by atoms with Crippen molar-refractivity contribution >= 4 is 23.3 Å². The fourth-order valence-electron chi connectivity index (χ4n) is 2.70. The van der Waals surface area contributed by atoms with Gasteiger partial charge in [-0.15, -0.1) is 0 Å². The van der Waals surface area contributed by atoms with Crippen LogP contribution in [-0.4, -0.2) is 35.4 Å². The number of rotatable bonds is 6. The highest BCUT2D eigenvalue weighted by Gasteiger charge is 2.27. The number of hydrogen-bond donors (Lipinski definition) is 0. The Morgan fingerprint density at radius 3 is 2.88 bits per heavy atom. The van der Waals surface area contributed by atoms with E-state index in [9.17, 15) is 4.79 Å². The summed E-state index contributed by atoms with van der Waals surface area (Å²) in [6.07, 6.45) is 2.55. The molecule has 2 aromatic rings. The minimum absolute atomic E-state index is 0.126. The monoisotopic (exact) mass is 349 g/mol. The van der Waals surface area contributed by atoms with Gasteiger partial charge in [0, 0.05) is 18.2 Å². The highest BCUT2D eigenvalue weighted by Crippen LogP contribution is 2.37. The third kappa shape index (κ3) is 3.06. The molecule has 0 unspecified atom stereocenters. The van der Waals surface area contributed by atoms with Crippen LogP contribution in [0.5, 0.6) is 11.5 Å². The lowest BCUT2D eigenvalue weighted by atomic mass is 10.1. The molecule has 1 aliphatic heterocycles. The number of hydrogen-bond acceptors (Lipinski definition) is 4. The van der Waals surface area contributed by atoms with E-state index in [2.05, 4.69) is 5.10 Å². The summed E-state index contributed by atoms with van der Waals surface area (Å²) in [5, 5.41) is 4.57. The van der Waals surface area contributed by atoms with E-state index >= 15 is 0 Å². The third-order valence-electron chi connectivity index (χ3n) is 3.76. The van der Waals surface area contributed by atoms with Gasteiger partial charge in [-0.25, -0.2) is 4.68 Å². The van der Waals surface area contributed by atoms with Crippen LogP contribution in [0.1, 0.15) is 30.6 Å². The summed E-state index contributed by atoms with van der Waals surface area (Å²) in [5.41, 5.74) is 0.474. The summed E-state index contributed by atoms with van der Waals surface area (Å²) in [6.45, 7) is 6.19. The van der Waals surface area contributed by atoms with E-state index in [4.69, 9.17) is 21.1 Å². The maximum Gasteiger partial charge on any atom is 0.259 e. The van der Waals surface area contributed by atoms with Crippen molar-refractivity contribution in [1.29, 1.82) is 0 Å². The molecule has 24 heavy (non-hydrogen) atoms. The van der Waals surface area contributed by atoms with Gasteiger partial charge in [-0.1, -0.05) is 18.5 Å². The van der Waals surface area contributed by atoms with Crippen LogP contribution in [0.25, 0.3) is 0 Å². The zero-order valence-corrected chi connectivity index (χ0v) is 14.5. The number of nitrogens with zero attached hydrogens (tertiary/aromatic N) is 3. The van der Waals surface area contributed by atoms with Crippen LogP contribution in [0.3, 0.4) is 0 Å². The maximum atomic E-state index is 12.9. The van der Waals surface area contributed by atoms with Gasteiger partial charge in [0.15, 0.2) is 11.5 Å². The molecule has 2 heterocycles. The van der Waals surface area contributed by atoms with Gasteiger partial charge in [-0.05, 0) is 25.5 Å². The Hall–Kier alpha value is -2.21. The Labute approximate surface area is 145 Å². The number of benzene rings is 1. The highest BCUT2D eigenvalue weighted by molar-refractivity contribution is 6.32. The molecule has 1 aromatic carbocycles. The van der Waals surface area contributed by atoms with Crippen LogP contribution in [0, 0.1) is 0 Å². The molecule has 0 N–H and O–H groups in total. The molecule has 3 rings (SSSR count). The van der Waals surface area contributed by atoms with Gasteiger partial charge in [0.25, 0.3) is 5.91 Å². The first-order chi connectivity index (χ1) is 11.7. The largest absolute Gasteiger partial charge is 0.490 e. The lowest BCUT2D eigenvalue weighted by Gasteiger charge is -2.18. The molecule has 128 valence electrons. The first-order valence-electron chi connectivity index (χ1n) is 8.08. The van der Waals surface area contributed by atoms with Crippen molar-refractivity contribution in [3.63, 3.8) is 0 Å². The van der Waals surface area contributed by atoms with Gasteiger partial charge in [-0.2, -0.15) is 5.10 Å². The Bertz CT molecular complexity index is 745. The van der Waals surface area contributed by atoms with Crippen LogP contribution in [0.4, 0.5) is 5.82 Å². The van der Waals surface area contributed by atoms with Crippen molar-refractivity contribution in [3.8, 4) is 11.5 Å². The molecular weight excluding hydrogens is 330 g/mol. The summed E-state index contributed by atoms with van der Waals surface area (Å²) >= 11 is 6.34. The van der Waals surface area contributed by atoms with Crippen molar-refractivity contribution in [2.75, 3.05) is 24.7 Å². The molecule has 0 saturated heterocycles. The highest BCUT2D eigenvalue weighted by atomic mass is 35.5. The van der Waals surface area contributed by atoms with Crippen molar-refractivity contribution < 1.29 is 14.3 Å². The Balaban J connectivity index is 1.92. The number of carbonyl (C=O) groups excluding carboxylic acids is 1. The third-order valence-corrected chi connectivity index (χ3v) is 4.04. The van der Waals surface area contributed by atoms with E-state index in [0.717, 1.165) is 12.2 Å². The minimum atomic E-state index is -0.126. The van der Waals surface area contributed by atoms with Crippen LogP contribution >= 0.6 is 11.6 Å². The van der Waals surface area contributed by atoms with Crippen LogP contribution in [0.15, 0.2) is 24.4 Å². The van der Waals surface area contributed by atoms with E-state index in [0.29, 0.717) is 48.4 Å². The van der Waals surface area contributed by atoms with Gasteiger partial charge in [0.2, 0.25) is 0 Å². The average Bonchev–Trinajstić information content (AvgIpc) is 3.16. The van der Waals surface area contributed by atoms with Gasteiger partial charge in [0.05, 0.1) is 31.0 Å². The predicted octanol–water partition coefficient (Wildman–Crippen LogP) is 3.38. The van der Waals surface area contributed by atoms with Crippen molar-refractivity contribution in [1.82, 2.24) is 9.78 Å². The van der Waals surface area contributed by atoms with E-state index in [1.807, 2.05) is 24.6 Å². The standard InChI is InChI=1S/C17H20ClN3O3/c1-3-9-24-16-13(18)10-12(11-14(16)23-4-2)17(22)20-7-8-21-15(20)5-6-19-21/h5-6,10-11H,3-4,7-9H2,1-2H3. The average molecular weight is 350 g/mol. The van der Waals surface area contributed by atoms with Crippen molar-refractivity contribution in [3.05, 3.63) is 35.0 Å². The fourth-order valence-corrected chi connectivity index (χ4v) is 2.96. The fraction of sp³-hybridized carbons (Fsp3) is 0.412. The first-order valence-corrected chi connectivity index (χ1v) is 8.46. The van der Waals surface area contributed by atoms with Crippen LogP contribution in [-0.2, 0) is 6.54 Å². The molecule has 7 heteroatoms. The number of amides is 1. The molecule has 0 spiro atoms. The van der Waals surface area contributed by atoms with Crippen LogP contribution in [0.2, 0.25) is 5.02 Å². The second-order valence-electron chi connectivity index (χ2n) is 5.44. The maximum absolute atomic E-state index is 12.9. The van der Waals surface area contributed by atoms with E-state index in [1.165, 1.54) is 0 Å². The van der Waals surface area contributed by atoms with Gasteiger partial charge in [-0.3, -0.25) is 9.69 Å². The second kappa shape index (κ2) is 7.13. The van der Waals surface area contributed by atoms with Crippen molar-refractivity contribution in [2.45, 2.75) is 26.8 Å². The number of fused-ring (bicyclic) bond motifs is 1. The Morgan fingerprint density at radius 2 is 2.12 bits per heavy atom. The lowest BCUT2D eigenvalue weighted by Crippen LogP contribution is -2.28. The number of anilines is 1. The summed E-state index contributed by atoms with van der Waals surface area (Å²) in [5.74, 6) is 1.65. The molecule has 6 nitrogen and oxygen atoms in total. The summed E-state index contributed by atoms with van der Waals surface area (Å²) in [4.78, 5) is 14.6. The number of aromatic nitrogens is 2. The molecule has 1 amide bonds. The molecule has 0 fully saturated rings. The van der Waals surface area contributed by atoms with E-state index < -0.39 is 0 Å². The zero-order chi connectivity index (χ0) is 17.1. The quantitative estimate of drug-likeness (QED) is 0.802. The van der Waals surface area contributed by atoms with Crippen molar-refractivity contribution in [2.24, 2.45) is 0 Å². The Morgan fingerprint density at radius 1 is 1.29 bits per heavy atom. The number of halogens is 1. The molecular formula is C17H20ClN3O3. The smallest absolute Gasteiger partial charge is 0.259 e.